The van der Waals surface area contributed by atoms with Gasteiger partial charge in [0.15, 0.2) is 0 Å². The molecule has 26 heavy (non-hydrogen) atoms. The first kappa shape index (κ1) is 20.2. The second-order valence-corrected chi connectivity index (χ2v) is 6.89. The Morgan fingerprint density at radius 3 is 2.19 bits per heavy atom. The number of nitrogens with one attached hydrogen (secondary N) is 1. The minimum atomic E-state index is -0.462. The standard InChI is InChI=1S/C12H9ClOS.C6H7BrN2O2/c13-9-1-3-10(4-2-9)14-11-5-7-12(15)8-6-11;1-8-5-2-4(7)3-9(11)6(5)10/h1-8,15H;2-3,8,11H,1H3. The second kappa shape index (κ2) is 9.56. The highest BCUT2D eigenvalue weighted by Gasteiger charge is 2.01. The Kier molecular flexibility index (Phi) is 7.44. The molecule has 0 unspecified atom stereocenters. The lowest BCUT2D eigenvalue weighted by atomic mass is 10.3. The number of ether oxygens (including phenoxy) is 1. The minimum Gasteiger partial charge on any atom is -0.457 e. The summed E-state index contributed by atoms with van der Waals surface area (Å²) >= 11 is 13.1. The summed E-state index contributed by atoms with van der Waals surface area (Å²) < 4.78 is 6.76. The summed E-state index contributed by atoms with van der Waals surface area (Å²) in [5.41, 5.74) is -0.113. The van der Waals surface area contributed by atoms with Crippen LogP contribution < -0.4 is 15.6 Å². The molecule has 0 saturated heterocycles. The normalized spacial score (nSPS) is 9.85. The summed E-state index contributed by atoms with van der Waals surface area (Å²) in [6, 6.07) is 16.4. The van der Waals surface area contributed by atoms with Gasteiger partial charge in [0, 0.05) is 21.4 Å². The molecule has 0 atom stereocenters. The zero-order valence-corrected chi connectivity index (χ0v) is 16.9. The van der Waals surface area contributed by atoms with Gasteiger partial charge in [0.25, 0.3) is 0 Å². The predicted molar refractivity (Wildman–Crippen MR) is 110 cm³/mol. The van der Waals surface area contributed by atoms with Gasteiger partial charge in [0.1, 0.15) is 17.2 Å². The molecule has 0 saturated carbocycles. The van der Waals surface area contributed by atoms with Crippen LogP contribution in [0.4, 0.5) is 5.69 Å². The number of aromatic nitrogens is 1. The molecule has 2 aromatic carbocycles. The van der Waals surface area contributed by atoms with Gasteiger partial charge >= 0.3 is 5.56 Å². The van der Waals surface area contributed by atoms with Crippen molar-refractivity contribution < 1.29 is 9.94 Å². The molecule has 0 spiro atoms. The van der Waals surface area contributed by atoms with E-state index in [0.29, 0.717) is 19.9 Å². The Morgan fingerprint density at radius 1 is 1.12 bits per heavy atom. The highest BCUT2D eigenvalue weighted by Crippen LogP contribution is 2.23. The number of benzene rings is 2. The Hall–Kier alpha value is -2.09. The summed E-state index contributed by atoms with van der Waals surface area (Å²) in [4.78, 5) is 11.9. The van der Waals surface area contributed by atoms with Crippen molar-refractivity contribution in [2.24, 2.45) is 0 Å². The van der Waals surface area contributed by atoms with Crippen molar-refractivity contribution in [3.05, 3.63) is 80.6 Å². The van der Waals surface area contributed by atoms with Crippen LogP contribution in [0.15, 0.2) is 75.0 Å². The number of halogens is 2. The maximum Gasteiger partial charge on any atom is 0.306 e. The number of anilines is 1. The molecule has 3 rings (SSSR count). The van der Waals surface area contributed by atoms with Gasteiger partial charge in [0.05, 0.1) is 6.20 Å². The first-order chi connectivity index (χ1) is 12.4. The maximum atomic E-state index is 11.0. The van der Waals surface area contributed by atoms with Crippen molar-refractivity contribution >= 4 is 45.8 Å². The van der Waals surface area contributed by atoms with Gasteiger partial charge in [-0.25, -0.2) is 0 Å². The van der Waals surface area contributed by atoms with E-state index in [-0.39, 0.29) is 0 Å². The van der Waals surface area contributed by atoms with Crippen molar-refractivity contribution in [3.63, 3.8) is 0 Å². The van der Waals surface area contributed by atoms with Crippen LogP contribution in [0.25, 0.3) is 0 Å². The Bertz CT molecular complexity index is 872. The number of hydrogen-bond donors (Lipinski definition) is 3. The molecule has 0 radical (unpaired) electrons. The van der Waals surface area contributed by atoms with Crippen LogP contribution in [0.3, 0.4) is 0 Å². The number of hydrogen-bond acceptors (Lipinski definition) is 5. The Morgan fingerprint density at radius 2 is 1.65 bits per heavy atom. The third-order valence-corrected chi connectivity index (χ3v) is 4.11. The summed E-state index contributed by atoms with van der Waals surface area (Å²) in [6.45, 7) is 0. The van der Waals surface area contributed by atoms with Crippen LogP contribution in [0.2, 0.25) is 5.02 Å². The van der Waals surface area contributed by atoms with Gasteiger partial charge < -0.3 is 15.3 Å². The lowest BCUT2D eigenvalue weighted by Crippen LogP contribution is -2.19. The fourth-order valence-electron chi connectivity index (χ4n) is 1.87. The van der Waals surface area contributed by atoms with Crippen LogP contribution in [0.1, 0.15) is 0 Å². The van der Waals surface area contributed by atoms with Crippen LogP contribution in [-0.2, 0) is 0 Å². The molecule has 0 aliphatic carbocycles. The summed E-state index contributed by atoms with van der Waals surface area (Å²) in [5, 5.41) is 12.3. The predicted octanol–water partition coefficient (Wildman–Crippen LogP) is 5.31. The Labute approximate surface area is 169 Å². The van der Waals surface area contributed by atoms with E-state index in [1.807, 2.05) is 36.4 Å². The topological polar surface area (TPSA) is 63.5 Å². The summed E-state index contributed by atoms with van der Waals surface area (Å²) in [7, 11) is 1.61. The molecule has 8 heteroatoms. The van der Waals surface area contributed by atoms with Crippen LogP contribution in [0, 0.1) is 0 Å². The molecule has 0 aliphatic heterocycles. The first-order valence-corrected chi connectivity index (χ1v) is 9.02. The average molecular weight is 456 g/mol. The third kappa shape index (κ3) is 6.01. The summed E-state index contributed by atoms with van der Waals surface area (Å²) in [5.74, 6) is 1.56. The van der Waals surface area contributed by atoms with Gasteiger partial charge in [-0.15, -0.1) is 12.6 Å². The smallest absolute Gasteiger partial charge is 0.306 e. The van der Waals surface area contributed by atoms with Crippen LogP contribution in [-0.4, -0.2) is 17.0 Å². The summed E-state index contributed by atoms with van der Waals surface area (Å²) in [6.07, 6.45) is 1.28. The lowest BCUT2D eigenvalue weighted by Gasteiger charge is -2.05. The van der Waals surface area contributed by atoms with Gasteiger partial charge in [-0.05, 0) is 70.5 Å². The molecule has 3 aromatic rings. The van der Waals surface area contributed by atoms with Gasteiger partial charge in [0.2, 0.25) is 0 Å². The quantitative estimate of drug-likeness (QED) is 0.370. The highest BCUT2D eigenvalue weighted by atomic mass is 79.9. The minimum absolute atomic E-state index is 0.349. The molecule has 1 aromatic heterocycles. The van der Waals surface area contributed by atoms with Crippen molar-refractivity contribution in [2.45, 2.75) is 4.90 Å². The fourth-order valence-corrected chi connectivity index (χ4v) is 2.57. The van der Waals surface area contributed by atoms with E-state index in [9.17, 15) is 4.79 Å². The van der Waals surface area contributed by atoms with Gasteiger partial charge in [-0.1, -0.05) is 11.6 Å². The maximum absolute atomic E-state index is 11.0. The van der Waals surface area contributed by atoms with E-state index in [2.05, 4.69) is 33.9 Å². The van der Waals surface area contributed by atoms with Crippen molar-refractivity contribution in [1.82, 2.24) is 4.73 Å². The van der Waals surface area contributed by atoms with Gasteiger partial charge in [-0.2, -0.15) is 4.73 Å². The largest absolute Gasteiger partial charge is 0.457 e. The number of nitrogens with zero attached hydrogens (tertiary/aromatic N) is 1. The van der Waals surface area contributed by atoms with E-state index >= 15 is 0 Å². The van der Waals surface area contributed by atoms with E-state index in [1.165, 1.54) is 6.20 Å². The zero-order valence-electron chi connectivity index (χ0n) is 13.7. The zero-order chi connectivity index (χ0) is 19.1. The SMILES string of the molecule is CNc1cc(Br)cn(O)c1=O.Sc1ccc(Oc2ccc(Cl)cc2)cc1. The van der Waals surface area contributed by atoms with Crippen molar-refractivity contribution in [3.8, 4) is 11.5 Å². The molecule has 2 N–H and O–H groups in total. The molecule has 0 aliphatic rings. The Balaban J connectivity index is 0.000000197. The molecular formula is C18H16BrClN2O3S. The van der Waals surface area contributed by atoms with Crippen LogP contribution in [0.5, 0.6) is 11.5 Å². The van der Waals surface area contributed by atoms with Crippen LogP contribution >= 0.6 is 40.2 Å². The monoisotopic (exact) mass is 454 g/mol. The molecular weight excluding hydrogens is 440 g/mol. The molecule has 0 bridgehead atoms. The van der Waals surface area contributed by atoms with E-state index in [1.54, 1.807) is 25.2 Å². The molecule has 0 fully saturated rings. The highest BCUT2D eigenvalue weighted by molar-refractivity contribution is 9.10. The second-order valence-electron chi connectivity index (χ2n) is 5.02. The number of thiol groups is 1. The molecule has 136 valence electrons. The average Bonchev–Trinajstić information content (AvgIpc) is 2.62. The van der Waals surface area contributed by atoms with E-state index in [0.717, 1.165) is 16.4 Å². The lowest BCUT2D eigenvalue weighted by molar-refractivity contribution is 0.175. The third-order valence-electron chi connectivity index (χ3n) is 3.12. The van der Waals surface area contributed by atoms with Crippen molar-refractivity contribution in [2.75, 3.05) is 12.4 Å². The van der Waals surface area contributed by atoms with E-state index in [4.69, 9.17) is 21.5 Å². The molecule has 5 nitrogen and oxygen atoms in total. The molecule has 1 heterocycles. The number of rotatable bonds is 3. The molecule has 0 amide bonds. The first-order valence-electron chi connectivity index (χ1n) is 7.40. The number of pyridine rings is 1. The fraction of sp³-hybridized carbons (Fsp3) is 0.0556. The van der Waals surface area contributed by atoms with Gasteiger partial charge in [-0.3, -0.25) is 4.79 Å². The van der Waals surface area contributed by atoms with Crippen molar-refractivity contribution in [1.29, 1.82) is 0 Å². The van der Waals surface area contributed by atoms with E-state index < -0.39 is 5.56 Å².